The van der Waals surface area contributed by atoms with Gasteiger partial charge in [0.1, 0.15) is 11.0 Å². The fourth-order valence-electron chi connectivity index (χ4n) is 4.59. The largest absolute Gasteiger partial charge is 0.173 e. The summed E-state index contributed by atoms with van der Waals surface area (Å²) in [6, 6.07) is 9.55. The van der Waals surface area contributed by atoms with Crippen LogP contribution < -0.4 is 0 Å². The SMILES string of the molecule is CCCCCCc1cc2c3cc(CCCCCC)sc3c3cc4nsnc4cc3c2s1. The van der Waals surface area contributed by atoms with Crippen LogP contribution in [0.3, 0.4) is 0 Å². The molecular weight excluding hydrogens is 437 g/mol. The summed E-state index contributed by atoms with van der Waals surface area (Å²) >= 11 is 5.33. The minimum Gasteiger partial charge on any atom is -0.173 e. The molecule has 0 saturated heterocycles. The Hall–Kier alpha value is -1.56. The van der Waals surface area contributed by atoms with Crippen molar-refractivity contribution in [1.82, 2.24) is 8.75 Å². The van der Waals surface area contributed by atoms with Crippen molar-refractivity contribution in [2.24, 2.45) is 0 Å². The first-order valence-corrected chi connectivity index (χ1v) is 14.2. The topological polar surface area (TPSA) is 25.8 Å². The minimum absolute atomic E-state index is 1.03. The quantitative estimate of drug-likeness (QED) is 0.191. The zero-order valence-electron chi connectivity index (χ0n) is 18.5. The molecule has 2 nitrogen and oxygen atoms in total. The molecule has 5 heteroatoms. The summed E-state index contributed by atoms with van der Waals surface area (Å²) in [6.45, 7) is 4.57. The third-order valence-corrected chi connectivity index (χ3v) is 9.31. The summed E-state index contributed by atoms with van der Waals surface area (Å²) in [5.41, 5.74) is 2.07. The average molecular weight is 467 g/mol. The molecule has 0 fully saturated rings. The maximum Gasteiger partial charge on any atom is 0.105 e. The van der Waals surface area contributed by atoms with Crippen LogP contribution in [0.15, 0.2) is 24.3 Å². The summed E-state index contributed by atoms with van der Waals surface area (Å²) < 4.78 is 12.0. The van der Waals surface area contributed by atoms with Gasteiger partial charge in [0.25, 0.3) is 0 Å². The zero-order chi connectivity index (χ0) is 21.2. The maximum atomic E-state index is 4.53. The van der Waals surface area contributed by atoms with Crippen molar-refractivity contribution >= 4 is 76.4 Å². The Balaban J connectivity index is 1.62. The number of hydrogen-bond acceptors (Lipinski definition) is 5. The van der Waals surface area contributed by atoms with E-state index in [1.54, 1.807) is 0 Å². The van der Waals surface area contributed by atoms with Crippen molar-refractivity contribution in [2.75, 3.05) is 0 Å². The van der Waals surface area contributed by atoms with Gasteiger partial charge < -0.3 is 0 Å². The first-order valence-electron chi connectivity index (χ1n) is 11.8. The average Bonchev–Trinajstić information content (AvgIpc) is 3.50. The van der Waals surface area contributed by atoms with Gasteiger partial charge >= 0.3 is 0 Å². The van der Waals surface area contributed by atoms with Gasteiger partial charge in [-0.2, -0.15) is 8.75 Å². The number of hydrogen-bond donors (Lipinski definition) is 0. The van der Waals surface area contributed by atoms with Gasteiger partial charge in [0.05, 0.1) is 11.7 Å². The van der Waals surface area contributed by atoms with Crippen LogP contribution in [0.5, 0.6) is 0 Å². The van der Waals surface area contributed by atoms with Gasteiger partial charge in [0.2, 0.25) is 0 Å². The molecule has 0 bridgehead atoms. The van der Waals surface area contributed by atoms with E-state index in [9.17, 15) is 0 Å². The number of unbranched alkanes of at least 4 members (excludes halogenated alkanes) is 6. The number of aryl methyl sites for hydroxylation is 2. The van der Waals surface area contributed by atoms with Crippen molar-refractivity contribution in [3.63, 3.8) is 0 Å². The highest BCUT2D eigenvalue weighted by Crippen LogP contribution is 2.44. The van der Waals surface area contributed by atoms with Crippen LogP contribution in [0.2, 0.25) is 0 Å². The van der Waals surface area contributed by atoms with Gasteiger partial charge in [-0.05, 0) is 49.9 Å². The third-order valence-electron chi connectivity index (χ3n) is 6.29. The second-order valence-electron chi connectivity index (χ2n) is 8.68. The number of rotatable bonds is 10. The third kappa shape index (κ3) is 4.24. The molecule has 0 saturated carbocycles. The van der Waals surface area contributed by atoms with Crippen LogP contribution in [0.4, 0.5) is 0 Å². The molecule has 5 aromatic rings. The number of fused-ring (bicyclic) bond motifs is 7. The highest BCUT2D eigenvalue weighted by Gasteiger charge is 2.16. The highest BCUT2D eigenvalue weighted by molar-refractivity contribution is 7.22. The lowest BCUT2D eigenvalue weighted by Gasteiger charge is -2.02. The Morgan fingerprint density at radius 3 is 1.48 bits per heavy atom. The standard InChI is InChI=1S/C26H30N2S3/c1-3-5-7-9-11-17-13-19-20-14-18(12-10-8-6-4-2)30-26(20)22-16-24-23(27-31-28-24)15-21(22)25(19)29-17/h13-16H,3-12H2,1-2H3. The Labute approximate surface area is 196 Å². The molecule has 0 aliphatic carbocycles. The van der Waals surface area contributed by atoms with Gasteiger partial charge in [-0.1, -0.05) is 52.4 Å². The normalized spacial score (nSPS) is 12.2. The molecule has 0 amide bonds. The molecule has 3 aromatic heterocycles. The van der Waals surface area contributed by atoms with Gasteiger partial charge in [-0.15, -0.1) is 22.7 Å². The molecule has 0 aliphatic rings. The first-order chi connectivity index (χ1) is 15.3. The molecule has 31 heavy (non-hydrogen) atoms. The number of nitrogens with zero attached hydrogens (tertiary/aromatic N) is 2. The van der Waals surface area contributed by atoms with Gasteiger partial charge in [-0.3, -0.25) is 0 Å². The van der Waals surface area contributed by atoms with Crippen LogP contribution in [0, 0.1) is 0 Å². The molecule has 0 unspecified atom stereocenters. The Morgan fingerprint density at radius 1 is 0.581 bits per heavy atom. The number of thiophene rings is 2. The highest BCUT2D eigenvalue weighted by atomic mass is 32.1. The Bertz CT molecular complexity index is 1220. The molecule has 2 aromatic carbocycles. The van der Waals surface area contributed by atoms with Crippen LogP contribution in [0.1, 0.15) is 75.0 Å². The van der Waals surface area contributed by atoms with E-state index in [1.807, 2.05) is 22.7 Å². The molecular formula is C26H30N2S3. The van der Waals surface area contributed by atoms with E-state index in [1.165, 1.54) is 117 Å². The van der Waals surface area contributed by atoms with Crippen LogP contribution >= 0.6 is 34.4 Å². The maximum absolute atomic E-state index is 4.53. The lowest BCUT2D eigenvalue weighted by atomic mass is 10.0. The summed E-state index contributed by atoms with van der Waals surface area (Å²) in [4.78, 5) is 3.07. The van der Waals surface area contributed by atoms with Crippen molar-refractivity contribution in [3.8, 4) is 0 Å². The predicted molar refractivity (Wildman–Crippen MR) is 141 cm³/mol. The molecule has 5 rings (SSSR count). The molecule has 0 spiro atoms. The minimum atomic E-state index is 1.03. The van der Waals surface area contributed by atoms with Crippen LogP contribution in [-0.4, -0.2) is 8.75 Å². The van der Waals surface area contributed by atoms with E-state index in [4.69, 9.17) is 0 Å². The summed E-state index contributed by atoms with van der Waals surface area (Å²) in [5, 5.41) is 5.65. The fourth-order valence-corrected chi connectivity index (χ4v) is 7.59. The first kappa shape index (κ1) is 21.3. The van der Waals surface area contributed by atoms with E-state index in [0.29, 0.717) is 0 Å². The van der Waals surface area contributed by atoms with Crippen LogP contribution in [-0.2, 0) is 12.8 Å². The molecule has 162 valence electrons. The van der Waals surface area contributed by atoms with Crippen molar-refractivity contribution in [3.05, 3.63) is 34.0 Å². The summed E-state index contributed by atoms with van der Waals surface area (Å²) in [6.07, 6.45) is 13.0. The number of benzene rings is 2. The van der Waals surface area contributed by atoms with Gasteiger partial charge in [0, 0.05) is 40.7 Å². The van der Waals surface area contributed by atoms with E-state index in [-0.39, 0.29) is 0 Å². The smallest absolute Gasteiger partial charge is 0.105 e. The summed E-state index contributed by atoms with van der Waals surface area (Å²) in [7, 11) is 0. The lowest BCUT2D eigenvalue weighted by molar-refractivity contribution is 0.670. The molecule has 0 aliphatic heterocycles. The van der Waals surface area contributed by atoms with E-state index >= 15 is 0 Å². The second-order valence-corrected chi connectivity index (χ2v) is 11.5. The second kappa shape index (κ2) is 9.51. The zero-order valence-corrected chi connectivity index (χ0v) is 20.9. The fraction of sp³-hybridized carbons (Fsp3) is 0.462. The molecule has 0 N–H and O–H groups in total. The Morgan fingerprint density at radius 2 is 1.03 bits per heavy atom. The molecule has 3 heterocycles. The van der Waals surface area contributed by atoms with E-state index < -0.39 is 0 Å². The molecule has 0 atom stereocenters. The van der Waals surface area contributed by atoms with Crippen molar-refractivity contribution in [1.29, 1.82) is 0 Å². The van der Waals surface area contributed by atoms with E-state index in [0.717, 1.165) is 11.0 Å². The van der Waals surface area contributed by atoms with Crippen LogP contribution in [0.25, 0.3) is 42.0 Å². The predicted octanol–water partition coefficient (Wildman–Crippen LogP) is 9.52. The number of aromatic nitrogens is 2. The van der Waals surface area contributed by atoms with Crippen molar-refractivity contribution in [2.45, 2.75) is 78.1 Å². The van der Waals surface area contributed by atoms with Gasteiger partial charge in [-0.25, -0.2) is 0 Å². The summed E-state index contributed by atoms with van der Waals surface area (Å²) in [5.74, 6) is 0. The lowest BCUT2D eigenvalue weighted by Crippen LogP contribution is -1.80. The Kier molecular flexibility index (Phi) is 6.54. The van der Waals surface area contributed by atoms with E-state index in [2.05, 4.69) is 46.9 Å². The molecule has 0 radical (unpaired) electrons. The van der Waals surface area contributed by atoms with Crippen molar-refractivity contribution < 1.29 is 0 Å². The van der Waals surface area contributed by atoms with Gasteiger partial charge in [0.15, 0.2) is 0 Å². The monoisotopic (exact) mass is 466 g/mol.